The minimum Gasteiger partial charge on any atom is -0.406 e. The zero-order chi connectivity index (χ0) is 22.9. The smallest absolute Gasteiger partial charge is 0.406 e. The van der Waals surface area contributed by atoms with Gasteiger partial charge >= 0.3 is 6.36 Å². The van der Waals surface area contributed by atoms with Gasteiger partial charge in [0.05, 0.1) is 0 Å². The average molecular weight is 434 g/mol. The maximum Gasteiger partial charge on any atom is 0.573 e. The zero-order valence-electron chi connectivity index (χ0n) is 17.5. The largest absolute Gasteiger partial charge is 0.573 e. The molecule has 1 aromatic heterocycles. The van der Waals surface area contributed by atoms with Gasteiger partial charge in [-0.1, -0.05) is 45.0 Å². The van der Waals surface area contributed by atoms with E-state index in [9.17, 15) is 13.2 Å². The van der Waals surface area contributed by atoms with Crippen molar-refractivity contribution in [3.8, 4) is 16.9 Å². The van der Waals surface area contributed by atoms with Crippen LogP contribution < -0.4 is 4.74 Å². The van der Waals surface area contributed by atoms with Gasteiger partial charge in [-0.2, -0.15) is 0 Å². The number of methoxy groups -OCH3 is 1. The molecule has 1 heterocycles. The fourth-order valence-electron chi connectivity index (χ4n) is 3.84. The Bertz CT molecular complexity index is 1030. The molecule has 164 valence electrons. The van der Waals surface area contributed by atoms with E-state index in [1.54, 1.807) is 24.5 Å². The lowest BCUT2D eigenvalue weighted by Crippen LogP contribution is -2.44. The summed E-state index contributed by atoms with van der Waals surface area (Å²) in [5, 5.41) is 0. The van der Waals surface area contributed by atoms with Crippen LogP contribution >= 0.6 is 0 Å². The van der Waals surface area contributed by atoms with Crippen molar-refractivity contribution in [2.24, 2.45) is 5.41 Å². The molecule has 0 unspecified atom stereocenters. The van der Waals surface area contributed by atoms with Gasteiger partial charge < -0.3 is 9.47 Å². The van der Waals surface area contributed by atoms with Crippen LogP contribution in [0.5, 0.6) is 5.75 Å². The van der Waals surface area contributed by atoms with Gasteiger partial charge in [0.1, 0.15) is 23.5 Å². The Labute approximate surface area is 177 Å². The lowest BCUT2D eigenvalue weighted by Gasteiger charge is -2.44. The number of hydrogen-bond donors (Lipinski definition) is 0. The highest BCUT2D eigenvalue weighted by molar-refractivity contribution is 5.65. The maximum absolute atomic E-state index is 15.4. The van der Waals surface area contributed by atoms with E-state index in [1.807, 2.05) is 20.8 Å². The minimum absolute atomic E-state index is 0.304. The van der Waals surface area contributed by atoms with Crippen molar-refractivity contribution in [1.82, 2.24) is 9.97 Å². The first kappa shape index (κ1) is 22.7. The summed E-state index contributed by atoms with van der Waals surface area (Å²) in [6.07, 6.45) is -0.200. The van der Waals surface area contributed by atoms with Crippen LogP contribution in [0.4, 0.5) is 17.6 Å². The number of aromatic nitrogens is 2. The van der Waals surface area contributed by atoms with Gasteiger partial charge in [-0.25, -0.2) is 14.4 Å². The fourth-order valence-corrected chi connectivity index (χ4v) is 3.84. The second-order valence-corrected chi connectivity index (χ2v) is 8.03. The molecule has 3 aromatic rings. The van der Waals surface area contributed by atoms with E-state index < -0.39 is 23.2 Å². The van der Waals surface area contributed by atoms with Crippen LogP contribution in [0.15, 0.2) is 61.2 Å². The van der Waals surface area contributed by atoms with Gasteiger partial charge in [-0.3, -0.25) is 0 Å². The van der Waals surface area contributed by atoms with Gasteiger partial charge in [-0.05, 0) is 34.7 Å². The Hall–Kier alpha value is -3.00. The molecule has 0 bridgehead atoms. The summed E-state index contributed by atoms with van der Waals surface area (Å²) < 4.78 is 62.3. The summed E-state index contributed by atoms with van der Waals surface area (Å²) in [6, 6.07) is 9.89. The Balaban J connectivity index is 2.04. The molecule has 8 heteroatoms. The van der Waals surface area contributed by atoms with E-state index in [0.29, 0.717) is 22.3 Å². The van der Waals surface area contributed by atoms with Crippen molar-refractivity contribution in [3.63, 3.8) is 0 Å². The van der Waals surface area contributed by atoms with Crippen LogP contribution in [0.2, 0.25) is 0 Å². The molecule has 0 aliphatic carbocycles. The molecule has 0 radical (unpaired) electrons. The van der Waals surface area contributed by atoms with Crippen molar-refractivity contribution < 1.29 is 27.0 Å². The van der Waals surface area contributed by atoms with Crippen molar-refractivity contribution in [3.05, 3.63) is 78.1 Å². The van der Waals surface area contributed by atoms with E-state index in [2.05, 4.69) is 14.7 Å². The molecule has 0 fully saturated rings. The lowest BCUT2D eigenvalue weighted by atomic mass is 9.68. The number of nitrogens with zero attached hydrogens (tertiary/aromatic N) is 2. The molecular formula is C23H22F4N2O2. The highest BCUT2D eigenvalue weighted by Crippen LogP contribution is 2.48. The normalized spacial score (nSPS) is 14.2. The summed E-state index contributed by atoms with van der Waals surface area (Å²) in [4.78, 5) is 8.12. The highest BCUT2D eigenvalue weighted by Gasteiger charge is 2.47. The molecule has 2 aromatic carbocycles. The molecule has 0 aliphatic heterocycles. The Morgan fingerprint density at radius 3 is 1.90 bits per heavy atom. The predicted molar refractivity (Wildman–Crippen MR) is 108 cm³/mol. The molecule has 31 heavy (non-hydrogen) atoms. The Morgan fingerprint density at radius 2 is 1.42 bits per heavy atom. The zero-order valence-corrected chi connectivity index (χ0v) is 17.5. The molecule has 0 saturated carbocycles. The van der Waals surface area contributed by atoms with Crippen LogP contribution in [-0.2, 0) is 10.3 Å². The first-order chi connectivity index (χ1) is 14.5. The van der Waals surface area contributed by atoms with Crippen LogP contribution in [0.1, 0.15) is 31.9 Å². The van der Waals surface area contributed by atoms with Gasteiger partial charge in [0.25, 0.3) is 0 Å². The van der Waals surface area contributed by atoms with Crippen LogP contribution in [0.3, 0.4) is 0 Å². The number of rotatable bonds is 5. The number of hydrogen-bond acceptors (Lipinski definition) is 4. The maximum atomic E-state index is 15.4. The van der Waals surface area contributed by atoms with Crippen molar-refractivity contribution >= 4 is 0 Å². The van der Waals surface area contributed by atoms with Gasteiger partial charge in [-0.15, -0.1) is 13.2 Å². The van der Waals surface area contributed by atoms with E-state index in [-0.39, 0.29) is 5.75 Å². The van der Waals surface area contributed by atoms with E-state index in [0.717, 1.165) is 0 Å². The molecule has 0 aliphatic rings. The first-order valence-electron chi connectivity index (χ1n) is 9.45. The second-order valence-electron chi connectivity index (χ2n) is 8.03. The van der Waals surface area contributed by atoms with E-state index >= 15 is 4.39 Å². The second kappa shape index (κ2) is 8.26. The summed E-state index contributed by atoms with van der Waals surface area (Å²) in [6.45, 7) is 5.78. The quantitative estimate of drug-likeness (QED) is 0.454. The fraction of sp³-hybridized carbons (Fsp3) is 0.304. The van der Waals surface area contributed by atoms with E-state index in [1.165, 1.54) is 43.8 Å². The van der Waals surface area contributed by atoms with Gasteiger partial charge in [0, 0.05) is 30.6 Å². The lowest BCUT2D eigenvalue weighted by molar-refractivity contribution is -0.274. The molecule has 4 nitrogen and oxygen atoms in total. The van der Waals surface area contributed by atoms with Gasteiger partial charge in [0.2, 0.25) is 0 Å². The summed E-state index contributed by atoms with van der Waals surface area (Å²) in [5.41, 5.74) is 0.223. The molecule has 3 rings (SSSR count). The SMILES string of the molecule is CO[C@](c1cncnc1)(c1ccc(-c2ccc(OC(F)(F)F)cc2)cc1F)C(C)(C)C. The summed E-state index contributed by atoms with van der Waals surface area (Å²) in [5.74, 6) is -0.864. The van der Waals surface area contributed by atoms with Crippen LogP contribution in [-0.4, -0.2) is 23.4 Å². The summed E-state index contributed by atoms with van der Waals surface area (Å²) >= 11 is 0. The van der Waals surface area contributed by atoms with Gasteiger partial charge in [0.15, 0.2) is 0 Å². The van der Waals surface area contributed by atoms with Crippen molar-refractivity contribution in [2.75, 3.05) is 7.11 Å². The Morgan fingerprint density at radius 1 is 0.839 bits per heavy atom. The minimum atomic E-state index is -4.77. The molecule has 0 amide bonds. The number of benzene rings is 2. The number of alkyl halides is 3. The molecule has 1 atom stereocenters. The first-order valence-corrected chi connectivity index (χ1v) is 9.45. The molecule has 0 spiro atoms. The average Bonchev–Trinajstić information content (AvgIpc) is 2.69. The van der Waals surface area contributed by atoms with Crippen molar-refractivity contribution in [2.45, 2.75) is 32.7 Å². The number of ether oxygens (including phenoxy) is 2. The third-order valence-corrected chi connectivity index (χ3v) is 5.10. The molecule has 0 saturated heterocycles. The monoisotopic (exact) mass is 434 g/mol. The van der Waals surface area contributed by atoms with Crippen molar-refractivity contribution in [1.29, 1.82) is 0 Å². The standard InChI is InChI=1S/C23H22F4N2O2/c1-21(2,3)22(30-4,17-12-28-14-29-13-17)19-10-7-16(11-20(19)24)15-5-8-18(9-6-15)31-23(25,26)27/h5-14H,1-4H3/t22-/m1/s1. The van der Waals surface area contributed by atoms with Crippen LogP contribution in [0.25, 0.3) is 11.1 Å². The molecule has 0 N–H and O–H groups in total. The Kier molecular flexibility index (Phi) is 6.04. The third kappa shape index (κ3) is 4.54. The third-order valence-electron chi connectivity index (χ3n) is 5.10. The number of halogens is 4. The topological polar surface area (TPSA) is 44.2 Å². The predicted octanol–water partition coefficient (Wildman–Crippen LogP) is 6.12. The molecular weight excluding hydrogens is 412 g/mol. The summed E-state index contributed by atoms with van der Waals surface area (Å²) in [7, 11) is 1.50. The highest BCUT2D eigenvalue weighted by atomic mass is 19.4. The van der Waals surface area contributed by atoms with Crippen LogP contribution in [0, 0.1) is 11.2 Å². The van der Waals surface area contributed by atoms with E-state index in [4.69, 9.17) is 4.74 Å².